The summed E-state index contributed by atoms with van der Waals surface area (Å²) in [7, 11) is 1.68. The first-order chi connectivity index (χ1) is 6.72. The van der Waals surface area contributed by atoms with Crippen molar-refractivity contribution in [3.63, 3.8) is 0 Å². The molecule has 1 heterocycles. The summed E-state index contributed by atoms with van der Waals surface area (Å²) in [5.74, 6) is 0.505. The second kappa shape index (κ2) is 5.82. The monoisotopic (exact) mass is 200 g/mol. The second-order valence-corrected chi connectivity index (χ2v) is 3.57. The van der Waals surface area contributed by atoms with Gasteiger partial charge in [0.05, 0.1) is 13.2 Å². The fourth-order valence-corrected chi connectivity index (χ4v) is 1.53. The van der Waals surface area contributed by atoms with Gasteiger partial charge < -0.3 is 15.8 Å². The molecule has 1 rings (SSSR count). The van der Waals surface area contributed by atoms with Crippen LogP contribution in [-0.4, -0.2) is 56.8 Å². The molecule has 0 saturated carbocycles. The Morgan fingerprint density at radius 3 is 2.79 bits per heavy atom. The highest BCUT2D eigenvalue weighted by Gasteiger charge is 2.13. The zero-order chi connectivity index (χ0) is 10.4. The van der Waals surface area contributed by atoms with Gasteiger partial charge >= 0.3 is 0 Å². The van der Waals surface area contributed by atoms with Crippen LogP contribution < -0.4 is 11.1 Å². The third kappa shape index (κ3) is 3.93. The molecule has 0 aromatic heterocycles. The lowest BCUT2D eigenvalue weighted by Gasteiger charge is -2.29. The number of morpholine rings is 1. The summed E-state index contributed by atoms with van der Waals surface area (Å²) in [5.41, 5.74) is 5.57. The maximum Gasteiger partial charge on any atom is 0.188 e. The van der Waals surface area contributed by atoms with Gasteiger partial charge in [0, 0.05) is 32.7 Å². The Bertz CT molecular complexity index is 189. The summed E-state index contributed by atoms with van der Waals surface area (Å²) < 4.78 is 5.27. The molecular weight excluding hydrogens is 180 g/mol. The van der Waals surface area contributed by atoms with E-state index in [1.807, 2.05) is 0 Å². The molecule has 1 unspecified atom stereocenters. The number of nitrogens with one attached hydrogen (secondary N) is 1. The number of aliphatic imine (C=N–C) groups is 1. The van der Waals surface area contributed by atoms with E-state index in [1.54, 1.807) is 7.05 Å². The fourth-order valence-electron chi connectivity index (χ4n) is 1.53. The number of nitrogens with zero attached hydrogens (tertiary/aromatic N) is 2. The van der Waals surface area contributed by atoms with Crippen molar-refractivity contribution < 1.29 is 4.74 Å². The predicted molar refractivity (Wildman–Crippen MR) is 57.4 cm³/mol. The largest absolute Gasteiger partial charge is 0.379 e. The number of nitrogens with two attached hydrogens (primary N) is 1. The van der Waals surface area contributed by atoms with Gasteiger partial charge in [0.2, 0.25) is 0 Å². The molecule has 0 aromatic rings. The SMILES string of the molecule is CN=C(N)NC(C)CN1CCOCC1. The van der Waals surface area contributed by atoms with E-state index in [0.717, 1.165) is 32.8 Å². The highest BCUT2D eigenvalue weighted by Crippen LogP contribution is 1.97. The highest BCUT2D eigenvalue weighted by molar-refractivity contribution is 5.77. The third-order valence-corrected chi connectivity index (χ3v) is 2.27. The van der Waals surface area contributed by atoms with Gasteiger partial charge in [-0.1, -0.05) is 0 Å². The van der Waals surface area contributed by atoms with Crippen molar-refractivity contribution in [1.29, 1.82) is 0 Å². The zero-order valence-electron chi connectivity index (χ0n) is 8.99. The van der Waals surface area contributed by atoms with E-state index in [-0.39, 0.29) is 0 Å². The Labute approximate surface area is 85.3 Å². The molecular formula is C9H20N4O. The minimum Gasteiger partial charge on any atom is -0.379 e. The maximum atomic E-state index is 5.57. The van der Waals surface area contributed by atoms with Crippen molar-refractivity contribution in [3.05, 3.63) is 0 Å². The van der Waals surface area contributed by atoms with Crippen molar-refractivity contribution >= 4 is 5.96 Å². The van der Waals surface area contributed by atoms with Crippen LogP contribution in [-0.2, 0) is 4.74 Å². The van der Waals surface area contributed by atoms with Gasteiger partial charge in [-0.15, -0.1) is 0 Å². The first-order valence-electron chi connectivity index (χ1n) is 5.01. The van der Waals surface area contributed by atoms with Gasteiger partial charge in [0.1, 0.15) is 0 Å². The first-order valence-corrected chi connectivity index (χ1v) is 5.01. The van der Waals surface area contributed by atoms with E-state index in [4.69, 9.17) is 10.5 Å². The number of rotatable bonds is 3. The standard InChI is InChI=1S/C9H20N4O/c1-8(12-9(10)11-2)7-13-3-5-14-6-4-13/h8H,3-7H2,1-2H3,(H3,10,11,12). The number of ether oxygens (including phenoxy) is 1. The van der Waals surface area contributed by atoms with Crippen molar-refractivity contribution in [2.75, 3.05) is 39.9 Å². The van der Waals surface area contributed by atoms with E-state index in [9.17, 15) is 0 Å². The summed E-state index contributed by atoms with van der Waals surface area (Å²) in [4.78, 5) is 6.23. The summed E-state index contributed by atoms with van der Waals surface area (Å²) in [6.07, 6.45) is 0. The Kier molecular flexibility index (Phi) is 4.69. The second-order valence-electron chi connectivity index (χ2n) is 3.57. The molecule has 1 aliphatic rings. The van der Waals surface area contributed by atoms with Crippen LogP contribution in [0.3, 0.4) is 0 Å². The molecule has 5 nitrogen and oxygen atoms in total. The normalized spacial score (nSPS) is 22.0. The lowest BCUT2D eigenvalue weighted by atomic mass is 10.3. The van der Waals surface area contributed by atoms with Crippen LogP contribution in [0.15, 0.2) is 4.99 Å². The summed E-state index contributed by atoms with van der Waals surface area (Å²) in [6.45, 7) is 6.78. The van der Waals surface area contributed by atoms with Gasteiger partial charge in [-0.2, -0.15) is 0 Å². The first kappa shape index (κ1) is 11.3. The lowest BCUT2D eigenvalue weighted by Crippen LogP contribution is -2.47. The molecule has 0 bridgehead atoms. The average Bonchev–Trinajstić information content (AvgIpc) is 2.19. The van der Waals surface area contributed by atoms with E-state index < -0.39 is 0 Å². The number of hydrogen-bond acceptors (Lipinski definition) is 3. The number of guanidine groups is 1. The molecule has 0 amide bonds. The molecule has 14 heavy (non-hydrogen) atoms. The Balaban J connectivity index is 2.21. The van der Waals surface area contributed by atoms with Crippen LogP contribution in [0.25, 0.3) is 0 Å². The van der Waals surface area contributed by atoms with Gasteiger partial charge in [-0.05, 0) is 6.92 Å². The average molecular weight is 200 g/mol. The molecule has 82 valence electrons. The van der Waals surface area contributed by atoms with E-state index >= 15 is 0 Å². The van der Waals surface area contributed by atoms with Crippen LogP contribution >= 0.6 is 0 Å². The Morgan fingerprint density at radius 1 is 1.57 bits per heavy atom. The van der Waals surface area contributed by atoms with Crippen LogP contribution in [0.2, 0.25) is 0 Å². The molecule has 1 aliphatic heterocycles. The molecule has 3 N–H and O–H groups in total. The van der Waals surface area contributed by atoms with Crippen LogP contribution in [0.5, 0.6) is 0 Å². The quantitative estimate of drug-likeness (QED) is 0.464. The maximum absolute atomic E-state index is 5.57. The van der Waals surface area contributed by atoms with Gasteiger partial charge in [0.25, 0.3) is 0 Å². The molecule has 1 atom stereocenters. The Morgan fingerprint density at radius 2 is 2.21 bits per heavy atom. The molecule has 0 radical (unpaired) electrons. The Hall–Kier alpha value is -0.810. The minimum atomic E-state index is 0.330. The number of hydrogen-bond donors (Lipinski definition) is 2. The molecule has 1 saturated heterocycles. The van der Waals surface area contributed by atoms with Crippen LogP contribution in [0, 0.1) is 0 Å². The summed E-state index contributed by atoms with van der Waals surface area (Å²) >= 11 is 0. The van der Waals surface area contributed by atoms with Crippen molar-refractivity contribution in [1.82, 2.24) is 10.2 Å². The summed E-state index contributed by atoms with van der Waals surface area (Å²) in [6, 6.07) is 0.330. The molecule has 1 fully saturated rings. The van der Waals surface area contributed by atoms with Gasteiger partial charge in [-0.3, -0.25) is 9.89 Å². The molecule has 0 aliphatic carbocycles. The molecule has 5 heteroatoms. The van der Waals surface area contributed by atoms with Crippen molar-refractivity contribution in [3.8, 4) is 0 Å². The topological polar surface area (TPSA) is 62.9 Å². The molecule has 0 spiro atoms. The minimum absolute atomic E-state index is 0.330. The van der Waals surface area contributed by atoms with Crippen LogP contribution in [0.1, 0.15) is 6.92 Å². The zero-order valence-corrected chi connectivity index (χ0v) is 8.99. The highest BCUT2D eigenvalue weighted by atomic mass is 16.5. The van der Waals surface area contributed by atoms with Crippen molar-refractivity contribution in [2.45, 2.75) is 13.0 Å². The van der Waals surface area contributed by atoms with Gasteiger partial charge in [-0.25, -0.2) is 0 Å². The fraction of sp³-hybridized carbons (Fsp3) is 0.889. The van der Waals surface area contributed by atoms with E-state index in [1.165, 1.54) is 0 Å². The lowest BCUT2D eigenvalue weighted by molar-refractivity contribution is 0.0352. The van der Waals surface area contributed by atoms with Crippen molar-refractivity contribution in [2.24, 2.45) is 10.7 Å². The van der Waals surface area contributed by atoms with Crippen LogP contribution in [0.4, 0.5) is 0 Å². The third-order valence-electron chi connectivity index (χ3n) is 2.27. The van der Waals surface area contributed by atoms with E-state index in [2.05, 4.69) is 22.1 Å². The van der Waals surface area contributed by atoms with Gasteiger partial charge in [0.15, 0.2) is 5.96 Å². The smallest absolute Gasteiger partial charge is 0.188 e. The predicted octanol–water partition coefficient (Wildman–Crippen LogP) is -0.759. The summed E-state index contributed by atoms with van der Waals surface area (Å²) in [5, 5.41) is 3.12. The van der Waals surface area contributed by atoms with E-state index in [0.29, 0.717) is 12.0 Å². The molecule has 0 aromatic carbocycles.